The summed E-state index contributed by atoms with van der Waals surface area (Å²) in [4.78, 5) is 23.9. The van der Waals surface area contributed by atoms with Gasteiger partial charge < -0.3 is 10.5 Å². The van der Waals surface area contributed by atoms with Gasteiger partial charge >= 0.3 is 0 Å². The Labute approximate surface area is 207 Å². The number of anilines is 2. The lowest BCUT2D eigenvalue weighted by molar-refractivity contribution is 0.103. The number of rotatable bonds is 6. The number of amides is 1. The molecule has 1 aliphatic rings. The standard InChI is InChI=1S/C26H30N4O2S2/c1-5-26(3,4)15-7-9-18-14(11-15)12-17-21(27)22(34-24(17)28-18)23(31)30-25-29-19-10-8-16(32-6-2)13-20(19)33-25/h8,10,12-13,15H,5-7,9,11,27H2,1-4H3,(H,29,30,31). The number of aromatic nitrogens is 2. The molecule has 5 rings (SSSR count). The summed E-state index contributed by atoms with van der Waals surface area (Å²) in [5, 5.41) is 4.36. The number of thiophene rings is 1. The summed E-state index contributed by atoms with van der Waals surface area (Å²) < 4.78 is 6.53. The van der Waals surface area contributed by atoms with Crippen LogP contribution in [0.25, 0.3) is 20.4 Å². The number of aryl methyl sites for hydroxylation is 1. The molecule has 1 aliphatic carbocycles. The third-order valence-electron chi connectivity index (χ3n) is 7.20. The lowest BCUT2D eigenvalue weighted by Gasteiger charge is -2.36. The van der Waals surface area contributed by atoms with Crippen molar-refractivity contribution in [3.05, 3.63) is 40.4 Å². The third kappa shape index (κ3) is 4.14. The molecule has 3 heterocycles. The van der Waals surface area contributed by atoms with Crippen molar-refractivity contribution in [2.45, 2.75) is 53.4 Å². The van der Waals surface area contributed by atoms with E-state index in [4.69, 9.17) is 15.5 Å². The van der Waals surface area contributed by atoms with Crippen LogP contribution in [0.15, 0.2) is 24.3 Å². The maximum absolute atomic E-state index is 13.1. The van der Waals surface area contributed by atoms with E-state index in [9.17, 15) is 4.79 Å². The van der Waals surface area contributed by atoms with Crippen molar-refractivity contribution in [3.63, 3.8) is 0 Å². The Morgan fingerprint density at radius 3 is 2.82 bits per heavy atom. The van der Waals surface area contributed by atoms with Crippen molar-refractivity contribution in [1.29, 1.82) is 0 Å². The molecular weight excluding hydrogens is 464 g/mol. The smallest absolute Gasteiger partial charge is 0.269 e. The van der Waals surface area contributed by atoms with Gasteiger partial charge in [0.1, 0.15) is 15.5 Å². The van der Waals surface area contributed by atoms with E-state index < -0.39 is 0 Å². The minimum atomic E-state index is -0.243. The molecule has 4 aromatic rings. The molecular formula is C26H30N4O2S2. The molecule has 3 aromatic heterocycles. The molecule has 1 atom stereocenters. The fourth-order valence-electron chi connectivity index (χ4n) is 4.68. The van der Waals surface area contributed by atoms with Crippen LogP contribution in [0.3, 0.4) is 0 Å². The van der Waals surface area contributed by atoms with Gasteiger partial charge in [0.25, 0.3) is 5.91 Å². The molecule has 8 heteroatoms. The highest BCUT2D eigenvalue weighted by Gasteiger charge is 2.32. The van der Waals surface area contributed by atoms with E-state index in [2.05, 4.69) is 37.1 Å². The van der Waals surface area contributed by atoms with Crippen LogP contribution in [0.2, 0.25) is 0 Å². The highest BCUT2D eigenvalue weighted by atomic mass is 32.1. The molecule has 0 saturated heterocycles. The van der Waals surface area contributed by atoms with Crippen molar-refractivity contribution in [2.75, 3.05) is 17.7 Å². The Bertz CT molecular complexity index is 1390. The number of hydrogen-bond donors (Lipinski definition) is 2. The molecule has 0 saturated carbocycles. The van der Waals surface area contributed by atoms with Gasteiger partial charge in [-0.15, -0.1) is 11.3 Å². The first-order valence-electron chi connectivity index (χ1n) is 11.8. The number of nitrogens with zero attached hydrogens (tertiary/aromatic N) is 2. The van der Waals surface area contributed by atoms with Crippen LogP contribution in [0, 0.1) is 11.3 Å². The summed E-state index contributed by atoms with van der Waals surface area (Å²) in [6.07, 6.45) is 4.31. The summed E-state index contributed by atoms with van der Waals surface area (Å²) in [5.41, 5.74) is 10.5. The predicted octanol–water partition coefficient (Wildman–Crippen LogP) is 6.68. The number of nitrogens with two attached hydrogens (primary N) is 1. The Kier molecular flexibility index (Phi) is 5.98. The van der Waals surface area contributed by atoms with E-state index in [0.717, 1.165) is 57.6 Å². The van der Waals surface area contributed by atoms with E-state index in [-0.39, 0.29) is 5.91 Å². The number of carbonyl (C=O) groups excluding carboxylic acids is 1. The maximum Gasteiger partial charge on any atom is 0.269 e. The molecule has 6 nitrogen and oxygen atoms in total. The number of hydrogen-bond acceptors (Lipinski definition) is 7. The number of thiazole rings is 1. The highest BCUT2D eigenvalue weighted by Crippen LogP contribution is 2.42. The van der Waals surface area contributed by atoms with Crippen LogP contribution >= 0.6 is 22.7 Å². The molecule has 1 unspecified atom stereocenters. The summed E-state index contributed by atoms with van der Waals surface area (Å²) in [6.45, 7) is 9.54. The molecule has 1 aromatic carbocycles. The van der Waals surface area contributed by atoms with Crippen LogP contribution in [0.5, 0.6) is 5.75 Å². The second kappa shape index (κ2) is 8.82. The number of nitrogens with one attached hydrogen (secondary N) is 1. The lowest BCUT2D eigenvalue weighted by Crippen LogP contribution is -2.29. The molecule has 3 N–H and O–H groups in total. The van der Waals surface area contributed by atoms with Gasteiger partial charge in [-0.2, -0.15) is 0 Å². The second-order valence-corrected chi connectivity index (χ2v) is 11.6. The average Bonchev–Trinajstić information content (AvgIpc) is 3.37. The first-order valence-corrected chi connectivity index (χ1v) is 13.5. The maximum atomic E-state index is 13.1. The zero-order valence-corrected chi connectivity index (χ0v) is 21.7. The van der Waals surface area contributed by atoms with Gasteiger partial charge in [-0.3, -0.25) is 10.1 Å². The van der Waals surface area contributed by atoms with E-state index in [0.29, 0.717) is 33.6 Å². The number of benzene rings is 1. The summed E-state index contributed by atoms with van der Waals surface area (Å²) >= 11 is 2.78. The Balaban J connectivity index is 1.41. The largest absolute Gasteiger partial charge is 0.494 e. The second-order valence-electron chi connectivity index (χ2n) is 9.61. The average molecular weight is 495 g/mol. The molecule has 0 radical (unpaired) electrons. The minimum Gasteiger partial charge on any atom is -0.494 e. The molecule has 1 amide bonds. The zero-order chi connectivity index (χ0) is 24.0. The minimum absolute atomic E-state index is 0.243. The van der Waals surface area contributed by atoms with Gasteiger partial charge in [0.05, 0.1) is 22.5 Å². The SMILES string of the molecule is CCOc1ccc2nc(NC(=O)c3sc4nc5c(cc4c3N)CC(C(C)(C)CC)CC5)sc2c1. The van der Waals surface area contributed by atoms with Crippen LogP contribution < -0.4 is 15.8 Å². The van der Waals surface area contributed by atoms with E-state index in [1.54, 1.807) is 0 Å². The third-order valence-corrected chi connectivity index (χ3v) is 9.25. The number of nitrogen functional groups attached to an aromatic ring is 1. The number of carbonyl (C=O) groups is 1. The molecule has 0 aliphatic heterocycles. The van der Waals surface area contributed by atoms with Gasteiger partial charge in [0.2, 0.25) is 0 Å². The fraction of sp³-hybridized carbons (Fsp3) is 0.423. The van der Waals surface area contributed by atoms with Crippen molar-refractivity contribution in [3.8, 4) is 5.75 Å². The summed E-state index contributed by atoms with van der Waals surface area (Å²) in [5.74, 6) is 1.19. The number of fused-ring (bicyclic) bond motifs is 3. The fourth-order valence-corrected chi connectivity index (χ4v) is 6.56. The number of ether oxygens (including phenoxy) is 1. The van der Waals surface area contributed by atoms with Gasteiger partial charge in [0, 0.05) is 11.1 Å². The summed E-state index contributed by atoms with van der Waals surface area (Å²) in [7, 11) is 0. The van der Waals surface area contributed by atoms with Crippen LogP contribution in [-0.4, -0.2) is 22.5 Å². The lowest BCUT2D eigenvalue weighted by atomic mass is 9.69. The first-order chi connectivity index (χ1) is 16.3. The topological polar surface area (TPSA) is 90.1 Å². The molecule has 0 spiro atoms. The predicted molar refractivity (Wildman–Crippen MR) is 142 cm³/mol. The van der Waals surface area contributed by atoms with E-state index in [1.807, 2.05) is 25.1 Å². The van der Waals surface area contributed by atoms with Gasteiger partial charge in [-0.1, -0.05) is 38.5 Å². The molecule has 178 valence electrons. The van der Waals surface area contributed by atoms with E-state index in [1.165, 1.54) is 28.2 Å². The van der Waals surface area contributed by atoms with Gasteiger partial charge in [0.15, 0.2) is 5.13 Å². The Hall–Kier alpha value is -2.71. The van der Waals surface area contributed by atoms with Gasteiger partial charge in [-0.05, 0) is 67.3 Å². The Morgan fingerprint density at radius 1 is 1.24 bits per heavy atom. The van der Waals surface area contributed by atoms with Crippen molar-refractivity contribution >= 4 is 59.8 Å². The first kappa shape index (κ1) is 23.1. The van der Waals surface area contributed by atoms with Crippen LogP contribution in [-0.2, 0) is 12.8 Å². The summed E-state index contributed by atoms with van der Waals surface area (Å²) in [6, 6.07) is 7.91. The van der Waals surface area contributed by atoms with E-state index >= 15 is 0 Å². The molecule has 34 heavy (non-hydrogen) atoms. The van der Waals surface area contributed by atoms with Crippen molar-refractivity contribution < 1.29 is 9.53 Å². The van der Waals surface area contributed by atoms with Crippen molar-refractivity contribution in [1.82, 2.24) is 9.97 Å². The normalized spacial score (nSPS) is 16.1. The molecule has 0 fully saturated rings. The Morgan fingerprint density at radius 2 is 2.06 bits per heavy atom. The van der Waals surface area contributed by atoms with Crippen molar-refractivity contribution in [2.24, 2.45) is 11.3 Å². The van der Waals surface area contributed by atoms with Gasteiger partial charge in [-0.25, -0.2) is 9.97 Å². The van der Waals surface area contributed by atoms with Crippen LogP contribution in [0.1, 0.15) is 61.5 Å². The number of pyridine rings is 1. The quantitative estimate of drug-likeness (QED) is 0.312. The highest BCUT2D eigenvalue weighted by molar-refractivity contribution is 7.23. The zero-order valence-electron chi connectivity index (χ0n) is 20.0. The molecule has 0 bridgehead atoms. The monoisotopic (exact) mass is 494 g/mol. The van der Waals surface area contributed by atoms with Crippen LogP contribution in [0.4, 0.5) is 10.8 Å².